The fourth-order valence-electron chi connectivity index (χ4n) is 5.65. The average molecular weight is 560 g/mol. The van der Waals surface area contributed by atoms with Crippen LogP contribution in [-0.2, 0) is 4.79 Å². The van der Waals surface area contributed by atoms with Gasteiger partial charge in [0, 0.05) is 12.1 Å². The number of aromatic nitrogens is 1. The summed E-state index contributed by atoms with van der Waals surface area (Å²) in [6.45, 7) is 0. The highest BCUT2D eigenvalue weighted by atomic mass is 32.1. The molecular weight excluding hydrogens is 522 g/mol. The van der Waals surface area contributed by atoms with Gasteiger partial charge in [0.15, 0.2) is 17.2 Å². The summed E-state index contributed by atoms with van der Waals surface area (Å²) in [6.07, 6.45) is 8.29. The molecule has 0 radical (unpaired) electrons. The van der Waals surface area contributed by atoms with Gasteiger partial charge in [-0.3, -0.25) is 14.4 Å². The number of nitrogens with one attached hydrogen (secondary N) is 1. The monoisotopic (exact) mass is 559 g/mol. The molecule has 1 aromatic carbocycles. The van der Waals surface area contributed by atoms with Gasteiger partial charge < -0.3 is 35.9 Å². The van der Waals surface area contributed by atoms with Crippen LogP contribution in [0.1, 0.15) is 89.6 Å². The van der Waals surface area contributed by atoms with Gasteiger partial charge in [-0.2, -0.15) is 4.37 Å². The molecule has 1 atom stereocenters. The summed E-state index contributed by atoms with van der Waals surface area (Å²) in [5, 5.41) is 3.21. The predicted molar refractivity (Wildman–Crippen MR) is 147 cm³/mol. The van der Waals surface area contributed by atoms with Gasteiger partial charge in [-0.15, -0.1) is 0 Å². The first-order chi connectivity index (χ1) is 18.8. The molecule has 12 heteroatoms. The van der Waals surface area contributed by atoms with Gasteiger partial charge in [0.05, 0.1) is 27.0 Å². The zero-order chi connectivity index (χ0) is 28.1. The van der Waals surface area contributed by atoms with Crippen LogP contribution in [0.4, 0.5) is 5.69 Å². The molecule has 2 saturated carbocycles. The molecule has 4 rings (SSSR count). The summed E-state index contributed by atoms with van der Waals surface area (Å²) in [5.41, 5.74) is 11.9. The van der Waals surface area contributed by atoms with Gasteiger partial charge in [-0.1, -0.05) is 32.1 Å². The molecule has 5 N–H and O–H groups in total. The lowest BCUT2D eigenvalue weighted by atomic mass is 9.94. The Labute approximate surface area is 232 Å². The second-order valence-electron chi connectivity index (χ2n) is 9.99. The summed E-state index contributed by atoms with van der Waals surface area (Å²) >= 11 is 0.813. The number of anilines is 1. The molecule has 0 bridgehead atoms. The van der Waals surface area contributed by atoms with Gasteiger partial charge in [-0.25, -0.2) is 0 Å². The first-order valence-electron chi connectivity index (χ1n) is 13.3. The third-order valence-corrected chi connectivity index (χ3v) is 8.44. The van der Waals surface area contributed by atoms with Crippen LogP contribution in [0.2, 0.25) is 0 Å². The Hall–Kier alpha value is -3.54. The van der Waals surface area contributed by atoms with Crippen molar-refractivity contribution in [2.24, 2.45) is 5.73 Å². The molecule has 3 amide bonds. The zero-order valence-electron chi connectivity index (χ0n) is 22.7. The smallest absolute Gasteiger partial charge is 0.270 e. The van der Waals surface area contributed by atoms with Gasteiger partial charge >= 0.3 is 0 Å². The summed E-state index contributed by atoms with van der Waals surface area (Å²) in [6, 6.07) is 2.18. The lowest BCUT2D eigenvalue weighted by Crippen LogP contribution is -2.50. The highest BCUT2D eigenvalue weighted by molar-refractivity contribution is 7.09. The summed E-state index contributed by atoms with van der Waals surface area (Å²) in [7, 11) is 4.51. The van der Waals surface area contributed by atoms with Crippen molar-refractivity contribution in [2.75, 3.05) is 27.1 Å². The summed E-state index contributed by atoms with van der Waals surface area (Å²) < 4.78 is 20.7. The van der Waals surface area contributed by atoms with Crippen molar-refractivity contribution >= 4 is 34.9 Å². The van der Waals surface area contributed by atoms with E-state index in [1.807, 2.05) is 0 Å². The Morgan fingerprint density at radius 1 is 0.974 bits per heavy atom. The highest BCUT2D eigenvalue weighted by Gasteiger charge is 2.41. The van der Waals surface area contributed by atoms with E-state index in [1.54, 1.807) is 17.0 Å². The fourth-order valence-corrected chi connectivity index (χ4v) is 6.40. The molecule has 0 saturated heterocycles. The number of amides is 3. The number of carbonyl (C=O) groups is 3. The van der Waals surface area contributed by atoms with Crippen molar-refractivity contribution in [2.45, 2.75) is 75.9 Å². The molecular formula is C27H37N5O6S. The van der Waals surface area contributed by atoms with E-state index >= 15 is 0 Å². The van der Waals surface area contributed by atoms with Gasteiger partial charge in [0.25, 0.3) is 11.8 Å². The van der Waals surface area contributed by atoms with Crippen LogP contribution in [0.5, 0.6) is 17.2 Å². The molecule has 39 heavy (non-hydrogen) atoms. The highest BCUT2D eigenvalue weighted by Crippen LogP contribution is 2.43. The molecule has 2 fully saturated rings. The third-order valence-electron chi connectivity index (χ3n) is 7.59. The maximum atomic E-state index is 14.2. The first kappa shape index (κ1) is 28.5. The number of benzene rings is 1. The van der Waals surface area contributed by atoms with E-state index in [9.17, 15) is 14.4 Å². The van der Waals surface area contributed by atoms with Crippen LogP contribution < -0.4 is 31.0 Å². The Kier molecular flexibility index (Phi) is 9.16. The van der Waals surface area contributed by atoms with E-state index in [1.165, 1.54) is 21.3 Å². The zero-order valence-corrected chi connectivity index (χ0v) is 23.5. The minimum Gasteiger partial charge on any atom is -0.493 e. The molecule has 0 aliphatic heterocycles. The molecule has 0 unspecified atom stereocenters. The Balaban J connectivity index is 1.85. The molecule has 11 nitrogen and oxygen atoms in total. The molecule has 2 aliphatic rings. The second-order valence-corrected chi connectivity index (χ2v) is 10.8. The number of carbonyl (C=O) groups excluding carboxylic acids is 3. The molecule has 1 heterocycles. The Bertz CT molecular complexity index is 1180. The second kappa shape index (κ2) is 12.5. The van der Waals surface area contributed by atoms with E-state index in [0.717, 1.165) is 69.3 Å². The largest absolute Gasteiger partial charge is 0.493 e. The third kappa shape index (κ3) is 5.90. The summed E-state index contributed by atoms with van der Waals surface area (Å²) in [4.78, 5) is 41.9. The minimum atomic E-state index is -1.02. The normalized spacial score (nSPS) is 16.9. The lowest BCUT2D eigenvalue weighted by molar-refractivity contribution is -0.127. The molecule has 2 aromatic rings. The van der Waals surface area contributed by atoms with E-state index in [0.29, 0.717) is 22.8 Å². The van der Waals surface area contributed by atoms with Gasteiger partial charge in [-0.05, 0) is 54.9 Å². The lowest BCUT2D eigenvalue weighted by Gasteiger charge is -2.37. The molecule has 0 spiro atoms. The van der Waals surface area contributed by atoms with E-state index in [2.05, 4.69) is 9.69 Å². The van der Waals surface area contributed by atoms with Crippen molar-refractivity contribution in [3.05, 3.63) is 28.3 Å². The standard InChI is InChI=1S/C27H37N5O6S/c1-36-18-13-15(14-19(37-2)23(18)38-3)22(26(34)30-16-9-5-4-6-10-16)32(17-11-7-8-12-17)27(35)24-20(28)21(25(29)33)31-39-24/h13-14,16-17,22H,4-12,28H2,1-3H3,(H2,29,33)(H,30,34)/t22-/m1/s1. The van der Waals surface area contributed by atoms with Crippen molar-refractivity contribution < 1.29 is 28.6 Å². The van der Waals surface area contributed by atoms with Gasteiger partial charge in [0.1, 0.15) is 10.9 Å². The van der Waals surface area contributed by atoms with Gasteiger partial charge in [0.2, 0.25) is 11.7 Å². The fraction of sp³-hybridized carbons (Fsp3) is 0.556. The van der Waals surface area contributed by atoms with E-state index in [4.69, 9.17) is 25.7 Å². The number of hydrogen-bond donors (Lipinski definition) is 3. The number of primary amides is 1. The number of methoxy groups -OCH3 is 3. The minimum absolute atomic E-state index is 0.0197. The van der Waals surface area contributed by atoms with E-state index < -0.39 is 17.9 Å². The molecule has 2 aliphatic carbocycles. The maximum absolute atomic E-state index is 14.2. The number of nitrogen functional groups attached to an aromatic ring is 1. The Morgan fingerprint density at radius 2 is 1.56 bits per heavy atom. The quantitative estimate of drug-likeness (QED) is 0.399. The predicted octanol–water partition coefficient (Wildman–Crippen LogP) is 3.43. The number of ether oxygens (including phenoxy) is 3. The van der Waals surface area contributed by atoms with Crippen LogP contribution in [0.15, 0.2) is 12.1 Å². The number of nitrogens with two attached hydrogens (primary N) is 2. The molecule has 212 valence electrons. The maximum Gasteiger partial charge on any atom is 0.270 e. The van der Waals surface area contributed by atoms with E-state index in [-0.39, 0.29) is 34.2 Å². The van der Waals surface area contributed by atoms with Crippen molar-refractivity contribution in [1.29, 1.82) is 0 Å². The van der Waals surface area contributed by atoms with Crippen molar-refractivity contribution in [3.63, 3.8) is 0 Å². The SMILES string of the molecule is COc1cc([C@H](C(=O)NC2CCCCC2)N(C(=O)c2snc(C(N)=O)c2N)C2CCCC2)cc(OC)c1OC. The summed E-state index contributed by atoms with van der Waals surface area (Å²) in [5.74, 6) is -0.460. The number of nitrogens with zero attached hydrogens (tertiary/aromatic N) is 2. The van der Waals surface area contributed by atoms with Crippen molar-refractivity contribution in [3.8, 4) is 17.2 Å². The Morgan fingerprint density at radius 3 is 2.08 bits per heavy atom. The van der Waals surface area contributed by atoms with Crippen LogP contribution in [0, 0.1) is 0 Å². The van der Waals surface area contributed by atoms with Crippen LogP contribution in [0.3, 0.4) is 0 Å². The first-order valence-corrected chi connectivity index (χ1v) is 14.1. The van der Waals surface area contributed by atoms with Crippen LogP contribution >= 0.6 is 11.5 Å². The molecule has 1 aromatic heterocycles. The number of hydrogen-bond acceptors (Lipinski definition) is 9. The van der Waals surface area contributed by atoms with Crippen LogP contribution in [-0.4, -0.2) is 60.4 Å². The average Bonchev–Trinajstić information content (AvgIpc) is 3.61. The topological polar surface area (TPSA) is 159 Å². The van der Waals surface area contributed by atoms with Crippen LogP contribution in [0.25, 0.3) is 0 Å². The number of rotatable bonds is 10. The van der Waals surface area contributed by atoms with Crippen molar-refractivity contribution in [1.82, 2.24) is 14.6 Å².